The molecular formula is C13H15NO4. The van der Waals surface area contributed by atoms with Gasteiger partial charge >= 0.3 is 5.97 Å². The molecule has 0 saturated carbocycles. The second kappa shape index (κ2) is 6.44. The van der Waals surface area contributed by atoms with E-state index in [0.29, 0.717) is 17.2 Å². The maximum Gasteiger partial charge on any atom is 0.308 e. The molecule has 1 N–H and O–H groups in total. The van der Waals surface area contributed by atoms with E-state index in [2.05, 4.69) is 5.32 Å². The quantitative estimate of drug-likeness (QED) is 0.384. The fourth-order valence-electron chi connectivity index (χ4n) is 1.23. The zero-order valence-corrected chi connectivity index (χ0v) is 10.5. The van der Waals surface area contributed by atoms with Crippen molar-refractivity contribution in [3.8, 4) is 5.75 Å². The Kier molecular flexibility index (Phi) is 4.92. The van der Waals surface area contributed by atoms with Crippen LogP contribution in [0.4, 0.5) is 5.69 Å². The number of carbonyl (C=O) groups is 2. The molecule has 1 aromatic carbocycles. The van der Waals surface area contributed by atoms with Crippen LogP contribution >= 0.6 is 0 Å². The minimum absolute atomic E-state index is 0.311. The number of nitrogens with one attached hydrogen (secondary N) is 1. The third-order valence-electron chi connectivity index (χ3n) is 2.02. The van der Waals surface area contributed by atoms with E-state index in [1.807, 2.05) is 0 Å². The van der Waals surface area contributed by atoms with Crippen molar-refractivity contribution in [2.75, 3.05) is 12.4 Å². The fourth-order valence-corrected chi connectivity index (χ4v) is 1.23. The van der Waals surface area contributed by atoms with Crippen LogP contribution in [-0.2, 0) is 14.3 Å². The van der Waals surface area contributed by atoms with Crippen LogP contribution in [-0.4, -0.2) is 19.0 Å². The van der Waals surface area contributed by atoms with Crippen molar-refractivity contribution in [3.63, 3.8) is 0 Å². The molecule has 0 aliphatic carbocycles. The number of esters is 1. The van der Waals surface area contributed by atoms with Gasteiger partial charge in [0.25, 0.3) is 5.91 Å². The van der Waals surface area contributed by atoms with Crippen molar-refractivity contribution in [1.82, 2.24) is 0 Å². The average Bonchev–Trinajstić information content (AvgIpc) is 2.28. The van der Waals surface area contributed by atoms with Crippen LogP contribution in [0.3, 0.4) is 0 Å². The van der Waals surface area contributed by atoms with Crippen molar-refractivity contribution in [1.29, 1.82) is 0 Å². The lowest BCUT2D eigenvalue weighted by Gasteiger charge is -2.06. The molecule has 5 nitrogen and oxygen atoms in total. The number of hydrogen-bond acceptors (Lipinski definition) is 4. The van der Waals surface area contributed by atoms with Crippen molar-refractivity contribution in [3.05, 3.63) is 36.1 Å². The van der Waals surface area contributed by atoms with Gasteiger partial charge in [0.15, 0.2) is 0 Å². The van der Waals surface area contributed by atoms with Crippen LogP contribution in [0.25, 0.3) is 0 Å². The zero-order chi connectivity index (χ0) is 13.5. The first kappa shape index (κ1) is 13.8. The Bertz CT molecular complexity index is 480. The Hall–Kier alpha value is -2.30. The first-order chi connectivity index (χ1) is 8.51. The second-order valence-corrected chi connectivity index (χ2v) is 3.57. The van der Waals surface area contributed by atoms with Gasteiger partial charge in [-0.2, -0.15) is 0 Å². The summed E-state index contributed by atoms with van der Waals surface area (Å²) >= 11 is 0. The Morgan fingerprint density at radius 1 is 1.28 bits per heavy atom. The molecule has 0 aliphatic rings. The Balaban J connectivity index is 2.73. The maximum absolute atomic E-state index is 11.5. The third kappa shape index (κ3) is 4.69. The number of hydrogen-bond donors (Lipinski definition) is 1. The fraction of sp³-hybridized carbons (Fsp3) is 0.231. The van der Waals surface area contributed by atoms with E-state index in [0.717, 1.165) is 0 Å². The number of rotatable bonds is 4. The molecular weight excluding hydrogens is 234 g/mol. The van der Waals surface area contributed by atoms with E-state index in [1.54, 1.807) is 31.2 Å². The molecule has 0 radical (unpaired) electrons. The van der Waals surface area contributed by atoms with Gasteiger partial charge in [-0.3, -0.25) is 9.59 Å². The molecule has 0 heterocycles. The Morgan fingerprint density at radius 3 is 2.61 bits per heavy atom. The molecule has 1 amide bonds. The van der Waals surface area contributed by atoms with Gasteiger partial charge in [0.2, 0.25) is 0 Å². The molecule has 18 heavy (non-hydrogen) atoms. The van der Waals surface area contributed by atoms with Gasteiger partial charge < -0.3 is 14.8 Å². The summed E-state index contributed by atoms with van der Waals surface area (Å²) in [4.78, 5) is 22.3. The van der Waals surface area contributed by atoms with E-state index in [4.69, 9.17) is 9.47 Å². The van der Waals surface area contributed by atoms with Crippen molar-refractivity contribution < 1.29 is 19.1 Å². The molecule has 96 valence electrons. The van der Waals surface area contributed by atoms with Crippen LogP contribution in [0.1, 0.15) is 13.8 Å². The van der Waals surface area contributed by atoms with Gasteiger partial charge in [0.05, 0.1) is 12.9 Å². The van der Waals surface area contributed by atoms with Gasteiger partial charge in [-0.05, 0) is 19.1 Å². The summed E-state index contributed by atoms with van der Waals surface area (Å²) in [6.45, 7) is 2.99. The SMILES string of the molecule is COC(C)=CC(=O)Nc1cccc(OC(C)=O)c1. The number of carbonyl (C=O) groups excluding carboxylic acids is 2. The number of allylic oxidation sites excluding steroid dienone is 1. The van der Waals surface area contributed by atoms with Crippen molar-refractivity contribution in [2.45, 2.75) is 13.8 Å². The summed E-state index contributed by atoms with van der Waals surface area (Å²) in [5, 5.41) is 2.63. The van der Waals surface area contributed by atoms with Crippen molar-refractivity contribution >= 4 is 17.6 Å². The van der Waals surface area contributed by atoms with Gasteiger partial charge in [0, 0.05) is 24.8 Å². The molecule has 1 rings (SSSR count). The summed E-state index contributed by atoms with van der Waals surface area (Å²) < 4.78 is 9.77. The van der Waals surface area contributed by atoms with E-state index in [9.17, 15) is 9.59 Å². The molecule has 0 bridgehead atoms. The van der Waals surface area contributed by atoms with Crippen molar-refractivity contribution in [2.24, 2.45) is 0 Å². The normalized spacial score (nSPS) is 10.7. The highest BCUT2D eigenvalue weighted by Gasteiger charge is 2.03. The summed E-state index contributed by atoms with van der Waals surface area (Å²) in [5.74, 6) is 0.166. The van der Waals surface area contributed by atoms with Gasteiger partial charge in [-0.1, -0.05) is 6.07 Å². The van der Waals surface area contributed by atoms with Gasteiger partial charge in [-0.25, -0.2) is 0 Å². The van der Waals surface area contributed by atoms with E-state index in [-0.39, 0.29) is 5.91 Å². The number of methoxy groups -OCH3 is 1. The number of anilines is 1. The molecule has 1 aromatic rings. The zero-order valence-electron chi connectivity index (χ0n) is 10.5. The largest absolute Gasteiger partial charge is 0.501 e. The highest BCUT2D eigenvalue weighted by molar-refractivity contribution is 5.99. The molecule has 0 unspecified atom stereocenters. The predicted octanol–water partition coefficient (Wildman–Crippen LogP) is 2.10. The van der Waals surface area contributed by atoms with Crippen LogP contribution in [0, 0.1) is 0 Å². The first-order valence-corrected chi connectivity index (χ1v) is 5.33. The number of ether oxygens (including phenoxy) is 2. The molecule has 0 atom stereocenters. The first-order valence-electron chi connectivity index (χ1n) is 5.33. The standard InChI is InChI=1S/C13H15NO4/c1-9(17-3)7-13(16)14-11-5-4-6-12(8-11)18-10(2)15/h4-8H,1-3H3,(H,14,16). The van der Waals surface area contributed by atoms with Crippen LogP contribution in [0.15, 0.2) is 36.1 Å². The monoisotopic (exact) mass is 249 g/mol. The van der Waals surface area contributed by atoms with E-state index >= 15 is 0 Å². The average molecular weight is 249 g/mol. The van der Waals surface area contributed by atoms with Crippen LogP contribution < -0.4 is 10.1 Å². The molecule has 5 heteroatoms. The summed E-state index contributed by atoms with van der Waals surface area (Å²) in [7, 11) is 1.49. The van der Waals surface area contributed by atoms with Crippen LogP contribution in [0.5, 0.6) is 5.75 Å². The predicted molar refractivity (Wildman–Crippen MR) is 67.1 cm³/mol. The van der Waals surface area contributed by atoms with Gasteiger partial charge in [-0.15, -0.1) is 0 Å². The van der Waals surface area contributed by atoms with E-state index < -0.39 is 5.97 Å². The third-order valence-corrected chi connectivity index (χ3v) is 2.02. The number of amides is 1. The van der Waals surface area contributed by atoms with Crippen LogP contribution in [0.2, 0.25) is 0 Å². The molecule has 0 spiro atoms. The molecule has 0 aliphatic heterocycles. The minimum atomic E-state index is -0.409. The van der Waals surface area contributed by atoms with Gasteiger partial charge in [0.1, 0.15) is 5.75 Å². The second-order valence-electron chi connectivity index (χ2n) is 3.57. The summed E-state index contributed by atoms with van der Waals surface area (Å²) in [5.41, 5.74) is 0.541. The summed E-state index contributed by atoms with van der Waals surface area (Å²) in [6, 6.07) is 6.57. The van der Waals surface area contributed by atoms with E-state index in [1.165, 1.54) is 20.1 Å². The number of benzene rings is 1. The lowest BCUT2D eigenvalue weighted by atomic mass is 10.3. The molecule has 0 aromatic heterocycles. The Labute approximate surface area is 105 Å². The lowest BCUT2D eigenvalue weighted by molar-refractivity contribution is -0.131. The smallest absolute Gasteiger partial charge is 0.308 e. The molecule has 0 saturated heterocycles. The highest BCUT2D eigenvalue weighted by atomic mass is 16.5. The maximum atomic E-state index is 11.5. The molecule has 0 fully saturated rings. The highest BCUT2D eigenvalue weighted by Crippen LogP contribution is 2.17. The minimum Gasteiger partial charge on any atom is -0.501 e. The Morgan fingerprint density at radius 2 is 2.00 bits per heavy atom. The summed E-state index contributed by atoms with van der Waals surface area (Å²) in [6.07, 6.45) is 1.33. The topological polar surface area (TPSA) is 64.6 Å². The lowest BCUT2D eigenvalue weighted by Crippen LogP contribution is -2.09.